The van der Waals surface area contributed by atoms with Crippen molar-refractivity contribution in [1.29, 1.82) is 0 Å². The molecule has 0 unspecified atom stereocenters. The average molecular weight is 401 g/mol. The molecule has 0 bridgehead atoms. The molecule has 28 heavy (non-hydrogen) atoms. The summed E-state index contributed by atoms with van der Waals surface area (Å²) in [5.74, 6) is 0.0305. The molecule has 0 saturated heterocycles. The fourth-order valence-corrected chi connectivity index (χ4v) is 3.36. The number of aryl methyl sites for hydroxylation is 2. The summed E-state index contributed by atoms with van der Waals surface area (Å²) >= 11 is 6.06. The van der Waals surface area contributed by atoms with Crippen molar-refractivity contribution in [3.63, 3.8) is 0 Å². The molecule has 2 aromatic carbocycles. The summed E-state index contributed by atoms with van der Waals surface area (Å²) in [5.41, 5.74) is 3.08. The first-order chi connectivity index (χ1) is 13.4. The minimum absolute atomic E-state index is 0.214. The second-order valence-electron chi connectivity index (χ2n) is 6.53. The van der Waals surface area contributed by atoms with Gasteiger partial charge in [0.25, 0.3) is 0 Å². The van der Waals surface area contributed by atoms with Gasteiger partial charge >= 0.3 is 11.6 Å². The highest BCUT2D eigenvalue weighted by Gasteiger charge is 2.17. The Morgan fingerprint density at radius 2 is 1.96 bits per heavy atom. The van der Waals surface area contributed by atoms with Gasteiger partial charge in [0.2, 0.25) is 0 Å². The van der Waals surface area contributed by atoms with Crippen molar-refractivity contribution in [2.45, 2.75) is 27.2 Å². The smallest absolute Gasteiger partial charge is 0.344 e. The number of halogens is 1. The molecule has 6 heteroatoms. The predicted octanol–water partition coefficient (Wildman–Crippen LogP) is 4.60. The normalized spacial score (nSPS) is 10.9. The lowest BCUT2D eigenvalue weighted by atomic mass is 9.98. The first-order valence-corrected chi connectivity index (χ1v) is 9.36. The van der Waals surface area contributed by atoms with Crippen molar-refractivity contribution in [2.24, 2.45) is 0 Å². The Bertz CT molecular complexity index is 1080. The van der Waals surface area contributed by atoms with Crippen LogP contribution in [-0.2, 0) is 16.0 Å². The molecular weight excluding hydrogens is 380 g/mol. The van der Waals surface area contributed by atoms with Crippen LogP contribution in [-0.4, -0.2) is 19.2 Å². The minimum Gasteiger partial charge on any atom is -0.481 e. The standard InChI is InChI=1S/C22H21ClO5/c1-4-26-20(24)12-27-18-8-13(2)9-19-21(18)14(3)17(22(25)28-19)11-15-6-5-7-16(23)10-15/h5-10H,4,11-12H2,1-3H3. The summed E-state index contributed by atoms with van der Waals surface area (Å²) < 4.78 is 16.2. The molecular formula is C22H21ClO5. The molecule has 0 aliphatic heterocycles. The fourth-order valence-electron chi connectivity index (χ4n) is 3.15. The zero-order valence-corrected chi connectivity index (χ0v) is 16.8. The molecule has 0 fully saturated rings. The van der Waals surface area contributed by atoms with E-state index in [-0.39, 0.29) is 13.2 Å². The van der Waals surface area contributed by atoms with Gasteiger partial charge in [0, 0.05) is 17.0 Å². The Morgan fingerprint density at radius 1 is 1.18 bits per heavy atom. The maximum absolute atomic E-state index is 12.6. The van der Waals surface area contributed by atoms with E-state index in [1.54, 1.807) is 19.1 Å². The van der Waals surface area contributed by atoms with Crippen LogP contribution in [0.2, 0.25) is 5.02 Å². The lowest BCUT2D eigenvalue weighted by molar-refractivity contribution is -0.145. The Labute approximate surface area is 167 Å². The van der Waals surface area contributed by atoms with Crippen LogP contribution in [0.1, 0.15) is 29.2 Å². The predicted molar refractivity (Wildman–Crippen MR) is 108 cm³/mol. The number of esters is 1. The molecule has 1 heterocycles. The third-order valence-electron chi connectivity index (χ3n) is 4.41. The van der Waals surface area contributed by atoms with Crippen LogP contribution in [0.3, 0.4) is 0 Å². The topological polar surface area (TPSA) is 65.7 Å². The first-order valence-electron chi connectivity index (χ1n) is 8.98. The van der Waals surface area contributed by atoms with Gasteiger partial charge in [0.15, 0.2) is 6.61 Å². The molecule has 0 radical (unpaired) electrons. The minimum atomic E-state index is -0.452. The second kappa shape index (κ2) is 8.48. The monoisotopic (exact) mass is 400 g/mol. The highest BCUT2D eigenvalue weighted by molar-refractivity contribution is 6.30. The van der Waals surface area contributed by atoms with E-state index in [2.05, 4.69) is 0 Å². The summed E-state index contributed by atoms with van der Waals surface area (Å²) in [6.07, 6.45) is 0.385. The fraction of sp³-hybridized carbons (Fsp3) is 0.273. The molecule has 3 aromatic rings. The second-order valence-corrected chi connectivity index (χ2v) is 6.97. The van der Waals surface area contributed by atoms with Crippen molar-refractivity contribution in [3.05, 3.63) is 74.1 Å². The zero-order chi connectivity index (χ0) is 20.3. The van der Waals surface area contributed by atoms with Gasteiger partial charge in [-0.1, -0.05) is 23.7 Å². The Hall–Kier alpha value is -2.79. The van der Waals surface area contributed by atoms with Crippen molar-refractivity contribution < 1.29 is 18.7 Å². The van der Waals surface area contributed by atoms with Gasteiger partial charge in [-0.2, -0.15) is 0 Å². The van der Waals surface area contributed by atoms with Crippen LogP contribution >= 0.6 is 11.6 Å². The van der Waals surface area contributed by atoms with Crippen LogP contribution in [0.4, 0.5) is 0 Å². The lowest BCUT2D eigenvalue weighted by Gasteiger charge is -2.14. The number of ether oxygens (including phenoxy) is 2. The molecule has 146 valence electrons. The van der Waals surface area contributed by atoms with Crippen LogP contribution in [0.5, 0.6) is 5.75 Å². The number of carbonyl (C=O) groups excluding carboxylic acids is 1. The van der Waals surface area contributed by atoms with Crippen LogP contribution in [0.25, 0.3) is 11.0 Å². The Balaban J connectivity index is 2.06. The summed E-state index contributed by atoms with van der Waals surface area (Å²) in [7, 11) is 0. The highest BCUT2D eigenvalue weighted by atomic mass is 35.5. The molecule has 0 atom stereocenters. The number of fused-ring (bicyclic) bond motifs is 1. The van der Waals surface area contributed by atoms with Crippen LogP contribution in [0, 0.1) is 13.8 Å². The summed E-state index contributed by atoms with van der Waals surface area (Å²) in [6, 6.07) is 10.9. The van der Waals surface area contributed by atoms with Gasteiger partial charge in [0.05, 0.1) is 12.0 Å². The van der Waals surface area contributed by atoms with Gasteiger partial charge in [-0.25, -0.2) is 9.59 Å². The summed E-state index contributed by atoms with van der Waals surface area (Å²) in [5, 5.41) is 1.28. The molecule has 5 nitrogen and oxygen atoms in total. The van der Waals surface area contributed by atoms with E-state index in [4.69, 9.17) is 25.5 Å². The van der Waals surface area contributed by atoms with E-state index < -0.39 is 11.6 Å². The van der Waals surface area contributed by atoms with E-state index in [1.165, 1.54) is 0 Å². The van der Waals surface area contributed by atoms with E-state index in [0.29, 0.717) is 33.7 Å². The molecule has 0 N–H and O–H groups in total. The summed E-state index contributed by atoms with van der Waals surface area (Å²) in [6.45, 7) is 5.53. The Morgan fingerprint density at radius 3 is 2.68 bits per heavy atom. The molecule has 0 aliphatic carbocycles. The van der Waals surface area contributed by atoms with Crippen LogP contribution < -0.4 is 10.4 Å². The number of hydrogen-bond acceptors (Lipinski definition) is 5. The highest BCUT2D eigenvalue weighted by Crippen LogP contribution is 2.31. The average Bonchev–Trinajstić information content (AvgIpc) is 2.63. The number of rotatable bonds is 6. The Kier molecular flexibility index (Phi) is 6.05. The SMILES string of the molecule is CCOC(=O)COc1cc(C)cc2oc(=O)c(Cc3cccc(Cl)c3)c(C)c12. The molecule has 3 rings (SSSR count). The number of carbonyl (C=O) groups is 1. The van der Waals surface area contributed by atoms with Crippen molar-refractivity contribution in [1.82, 2.24) is 0 Å². The van der Waals surface area contributed by atoms with Crippen LogP contribution in [0.15, 0.2) is 45.6 Å². The van der Waals surface area contributed by atoms with E-state index in [0.717, 1.165) is 16.7 Å². The van der Waals surface area contributed by atoms with Gasteiger partial charge in [-0.3, -0.25) is 0 Å². The quantitative estimate of drug-likeness (QED) is 0.447. The van der Waals surface area contributed by atoms with Crippen molar-refractivity contribution in [3.8, 4) is 5.75 Å². The van der Waals surface area contributed by atoms with E-state index in [1.807, 2.05) is 38.1 Å². The van der Waals surface area contributed by atoms with Gasteiger partial charge in [-0.05, 0) is 61.7 Å². The maximum Gasteiger partial charge on any atom is 0.344 e. The number of benzene rings is 2. The number of hydrogen-bond donors (Lipinski definition) is 0. The maximum atomic E-state index is 12.6. The van der Waals surface area contributed by atoms with E-state index in [9.17, 15) is 9.59 Å². The third-order valence-corrected chi connectivity index (χ3v) is 4.64. The molecule has 0 spiro atoms. The molecule has 0 amide bonds. The van der Waals surface area contributed by atoms with Crippen molar-refractivity contribution >= 4 is 28.5 Å². The van der Waals surface area contributed by atoms with E-state index >= 15 is 0 Å². The zero-order valence-electron chi connectivity index (χ0n) is 16.0. The third kappa shape index (κ3) is 4.37. The molecule has 1 aromatic heterocycles. The van der Waals surface area contributed by atoms with Gasteiger partial charge in [-0.15, -0.1) is 0 Å². The van der Waals surface area contributed by atoms with Gasteiger partial charge in [0.1, 0.15) is 11.3 Å². The largest absolute Gasteiger partial charge is 0.481 e. The molecule has 0 saturated carbocycles. The van der Waals surface area contributed by atoms with Gasteiger partial charge < -0.3 is 13.9 Å². The summed E-state index contributed by atoms with van der Waals surface area (Å²) in [4.78, 5) is 24.3. The molecule has 0 aliphatic rings. The van der Waals surface area contributed by atoms with Crippen molar-refractivity contribution in [2.75, 3.05) is 13.2 Å². The first kappa shape index (κ1) is 20.0. The lowest BCUT2D eigenvalue weighted by Crippen LogP contribution is -2.16.